The summed E-state index contributed by atoms with van der Waals surface area (Å²) in [6.07, 6.45) is 6.75. The second kappa shape index (κ2) is 9.80. The number of carbonyl (C=O) groups is 1. The molecule has 4 rings (SSSR count). The van der Waals surface area contributed by atoms with E-state index in [2.05, 4.69) is 11.1 Å². The van der Waals surface area contributed by atoms with E-state index in [0.717, 1.165) is 31.4 Å². The van der Waals surface area contributed by atoms with Gasteiger partial charge in [0.2, 0.25) is 0 Å². The normalized spacial score (nSPS) is 28.0. The van der Waals surface area contributed by atoms with Crippen LogP contribution >= 0.6 is 0 Å². The Bertz CT molecular complexity index is 999. The number of allylic oxidation sites excluding steroid dienone is 1. The smallest absolute Gasteiger partial charge is 0.396 e. The highest BCUT2D eigenvalue weighted by atomic mass is 19.4. The number of rotatable bonds is 5. The fourth-order valence-corrected chi connectivity index (χ4v) is 5.96. The molecule has 2 fully saturated rings. The average molecular weight is 458 g/mol. The number of hydrogen-bond acceptors (Lipinski definition) is 3. The highest BCUT2D eigenvalue weighted by Crippen LogP contribution is 2.49. The number of ketones is 1. The van der Waals surface area contributed by atoms with Gasteiger partial charge >= 0.3 is 6.18 Å². The summed E-state index contributed by atoms with van der Waals surface area (Å²) in [5, 5.41) is 9.95. The van der Waals surface area contributed by atoms with E-state index in [-0.39, 0.29) is 30.1 Å². The van der Waals surface area contributed by atoms with Crippen molar-refractivity contribution in [3.05, 3.63) is 59.9 Å². The molecule has 0 unspecified atom stereocenters. The molecule has 1 aromatic heterocycles. The number of nitrogens with zero attached hydrogens (tertiary/aromatic N) is 1. The second-order valence-electron chi connectivity index (χ2n) is 9.51. The van der Waals surface area contributed by atoms with Gasteiger partial charge in [-0.2, -0.15) is 13.2 Å². The van der Waals surface area contributed by atoms with Crippen molar-refractivity contribution >= 4 is 11.9 Å². The molecule has 6 heteroatoms. The molecule has 0 radical (unpaired) electrons. The van der Waals surface area contributed by atoms with Crippen molar-refractivity contribution in [1.82, 2.24) is 4.98 Å². The minimum absolute atomic E-state index is 0.00672. The number of hydrogen-bond donors (Lipinski definition) is 1. The van der Waals surface area contributed by atoms with Gasteiger partial charge in [0.25, 0.3) is 0 Å². The Hall–Kier alpha value is -2.47. The lowest BCUT2D eigenvalue weighted by molar-refractivity contribution is -0.137. The Balaban J connectivity index is 1.56. The van der Waals surface area contributed by atoms with Gasteiger partial charge in [-0.15, -0.1) is 0 Å². The Morgan fingerprint density at radius 2 is 1.94 bits per heavy atom. The van der Waals surface area contributed by atoms with E-state index in [4.69, 9.17) is 0 Å². The predicted molar refractivity (Wildman–Crippen MR) is 122 cm³/mol. The number of aromatic nitrogens is 1. The standard InChI is InChI=1S/C27H30F3NO2/c1-17(33)26-21(16-32)13-19-5-2-3-8-24(19)25(26)12-11-23-10-9-20(15-31-23)18-6-4-7-22(14-18)27(28,29)30/h4,6-7,9-12,14-15,19,21,24-26,32H,2-3,5,8,13,16H2,1H3/t19-,21-,24+,25-,26-/m0/s1. The van der Waals surface area contributed by atoms with Gasteiger partial charge in [-0.1, -0.05) is 43.5 Å². The van der Waals surface area contributed by atoms with Crippen molar-refractivity contribution in [2.45, 2.75) is 45.2 Å². The molecule has 0 saturated heterocycles. The number of alkyl halides is 3. The average Bonchev–Trinajstić information content (AvgIpc) is 2.81. The summed E-state index contributed by atoms with van der Waals surface area (Å²) < 4.78 is 39.1. The topological polar surface area (TPSA) is 50.2 Å². The molecule has 176 valence electrons. The molecule has 1 aromatic carbocycles. The minimum Gasteiger partial charge on any atom is -0.396 e. The highest BCUT2D eigenvalue weighted by Gasteiger charge is 2.45. The van der Waals surface area contributed by atoms with Crippen LogP contribution in [-0.2, 0) is 11.0 Å². The molecular formula is C27H30F3NO2. The van der Waals surface area contributed by atoms with Gasteiger partial charge in [0.1, 0.15) is 5.78 Å². The molecule has 2 aliphatic carbocycles. The Morgan fingerprint density at radius 3 is 2.61 bits per heavy atom. The number of carbonyl (C=O) groups excluding carboxylic acids is 1. The molecule has 0 amide bonds. The van der Waals surface area contributed by atoms with Gasteiger partial charge in [0.15, 0.2) is 0 Å². The predicted octanol–water partition coefficient (Wildman–Crippen LogP) is 6.42. The van der Waals surface area contributed by atoms with Crippen molar-refractivity contribution in [3.63, 3.8) is 0 Å². The van der Waals surface area contributed by atoms with E-state index in [1.54, 1.807) is 31.3 Å². The van der Waals surface area contributed by atoms with Crippen LogP contribution in [0.25, 0.3) is 17.2 Å². The van der Waals surface area contributed by atoms with Crippen LogP contribution in [0.15, 0.2) is 48.7 Å². The van der Waals surface area contributed by atoms with Crippen LogP contribution in [0.5, 0.6) is 0 Å². The lowest BCUT2D eigenvalue weighted by Crippen LogP contribution is -2.44. The van der Waals surface area contributed by atoms with Crippen molar-refractivity contribution in [3.8, 4) is 11.1 Å². The molecule has 2 saturated carbocycles. The van der Waals surface area contributed by atoms with Gasteiger partial charge in [0, 0.05) is 24.3 Å². The van der Waals surface area contributed by atoms with Crippen LogP contribution in [0.4, 0.5) is 13.2 Å². The fourth-order valence-electron chi connectivity index (χ4n) is 5.96. The SMILES string of the molecule is CC(=O)[C@H]1[C@H](CO)C[C@@H]2CCCC[C@H]2[C@@H]1C=Cc1ccc(-c2cccc(C(F)(F)F)c2)cn1. The Morgan fingerprint density at radius 1 is 1.15 bits per heavy atom. The molecule has 1 heterocycles. The molecule has 2 aliphatic rings. The lowest BCUT2D eigenvalue weighted by atomic mass is 9.57. The summed E-state index contributed by atoms with van der Waals surface area (Å²) in [7, 11) is 0. The molecule has 33 heavy (non-hydrogen) atoms. The molecule has 0 aliphatic heterocycles. The Kier molecular flexibility index (Phi) is 7.03. The number of fused-ring (bicyclic) bond motifs is 1. The molecular weight excluding hydrogens is 427 g/mol. The zero-order chi connectivity index (χ0) is 23.6. The summed E-state index contributed by atoms with van der Waals surface area (Å²) in [4.78, 5) is 17.0. The van der Waals surface area contributed by atoms with Crippen LogP contribution in [0.2, 0.25) is 0 Å². The summed E-state index contributed by atoms with van der Waals surface area (Å²) >= 11 is 0. The first-order valence-corrected chi connectivity index (χ1v) is 11.7. The third kappa shape index (κ3) is 5.21. The fraction of sp³-hybridized carbons (Fsp3) is 0.481. The van der Waals surface area contributed by atoms with Crippen LogP contribution in [0.3, 0.4) is 0 Å². The number of aliphatic hydroxyl groups excluding tert-OH is 1. The monoisotopic (exact) mass is 457 g/mol. The van der Waals surface area contributed by atoms with Crippen molar-refractivity contribution < 1.29 is 23.1 Å². The molecule has 0 spiro atoms. The Labute approximate surface area is 192 Å². The number of benzene rings is 1. The summed E-state index contributed by atoms with van der Waals surface area (Å²) in [6.45, 7) is 1.65. The van der Waals surface area contributed by atoms with Crippen molar-refractivity contribution in [2.24, 2.45) is 29.6 Å². The molecule has 0 bridgehead atoms. The maximum Gasteiger partial charge on any atom is 0.416 e. The van der Waals surface area contributed by atoms with E-state index < -0.39 is 11.7 Å². The first-order chi connectivity index (χ1) is 15.8. The number of halogens is 3. The van der Waals surface area contributed by atoms with Gasteiger partial charge < -0.3 is 5.11 Å². The van der Waals surface area contributed by atoms with Crippen LogP contribution in [0.1, 0.15) is 50.3 Å². The van der Waals surface area contributed by atoms with Crippen LogP contribution in [0, 0.1) is 29.6 Å². The van der Waals surface area contributed by atoms with Crippen LogP contribution < -0.4 is 0 Å². The largest absolute Gasteiger partial charge is 0.416 e. The van der Waals surface area contributed by atoms with E-state index in [9.17, 15) is 23.1 Å². The number of Topliss-reactive ketones (excluding diaryl/α,β-unsaturated/α-hetero) is 1. The number of pyridine rings is 1. The molecule has 1 N–H and O–H groups in total. The maximum atomic E-state index is 13.0. The van der Waals surface area contributed by atoms with Gasteiger partial charge in [-0.3, -0.25) is 9.78 Å². The molecule has 2 aromatic rings. The summed E-state index contributed by atoms with van der Waals surface area (Å²) in [5.74, 6) is 0.987. The summed E-state index contributed by atoms with van der Waals surface area (Å²) in [6, 6.07) is 8.78. The minimum atomic E-state index is -4.39. The third-order valence-corrected chi connectivity index (χ3v) is 7.49. The van der Waals surface area contributed by atoms with E-state index in [1.165, 1.54) is 18.9 Å². The van der Waals surface area contributed by atoms with Crippen molar-refractivity contribution in [2.75, 3.05) is 6.61 Å². The van der Waals surface area contributed by atoms with Gasteiger partial charge in [-0.05, 0) is 73.3 Å². The third-order valence-electron chi connectivity index (χ3n) is 7.49. The van der Waals surface area contributed by atoms with E-state index >= 15 is 0 Å². The lowest BCUT2D eigenvalue weighted by Gasteiger charge is -2.47. The van der Waals surface area contributed by atoms with Crippen LogP contribution in [-0.4, -0.2) is 22.5 Å². The molecule has 3 nitrogen and oxygen atoms in total. The highest BCUT2D eigenvalue weighted by molar-refractivity contribution is 5.79. The first kappa shape index (κ1) is 23.7. The maximum absolute atomic E-state index is 13.0. The zero-order valence-electron chi connectivity index (χ0n) is 18.8. The van der Waals surface area contributed by atoms with Gasteiger partial charge in [-0.25, -0.2) is 0 Å². The second-order valence-corrected chi connectivity index (χ2v) is 9.51. The first-order valence-electron chi connectivity index (χ1n) is 11.7. The molecule has 5 atom stereocenters. The number of aliphatic hydroxyl groups is 1. The van der Waals surface area contributed by atoms with E-state index in [0.29, 0.717) is 28.7 Å². The van der Waals surface area contributed by atoms with E-state index in [1.807, 2.05) is 6.08 Å². The van der Waals surface area contributed by atoms with Gasteiger partial charge in [0.05, 0.1) is 11.3 Å². The zero-order valence-corrected chi connectivity index (χ0v) is 18.8. The quantitative estimate of drug-likeness (QED) is 0.564. The summed E-state index contributed by atoms with van der Waals surface area (Å²) in [5.41, 5.74) is 1.10. The van der Waals surface area contributed by atoms with Crippen molar-refractivity contribution in [1.29, 1.82) is 0 Å².